The molecule has 0 aliphatic rings. The van der Waals surface area contributed by atoms with Gasteiger partial charge in [-0.05, 0) is 42.8 Å². The lowest BCUT2D eigenvalue weighted by atomic mass is 10.2. The number of pyridine rings is 1. The molecule has 2 N–H and O–H groups in total. The Bertz CT molecular complexity index is 597. The van der Waals surface area contributed by atoms with Gasteiger partial charge >= 0.3 is 17.9 Å². The number of carboxylic acid groups (broad SMARTS) is 1. The number of ether oxygens (including phenoxy) is 2. The maximum Gasteiger partial charge on any atom is 0.408 e. The van der Waals surface area contributed by atoms with E-state index >= 15 is 0 Å². The van der Waals surface area contributed by atoms with Crippen molar-refractivity contribution >= 4 is 17.9 Å². The Balaban J connectivity index is 2.73. The summed E-state index contributed by atoms with van der Waals surface area (Å²) in [6.07, 6.45) is 0.271. The van der Waals surface area contributed by atoms with Crippen molar-refractivity contribution in [2.45, 2.75) is 32.4 Å². The molecule has 0 spiro atoms. The Hall–Kier alpha value is -2.91. The Morgan fingerprint density at radius 2 is 2.13 bits per heavy atom. The summed E-state index contributed by atoms with van der Waals surface area (Å²) >= 11 is 0. The van der Waals surface area contributed by atoms with Gasteiger partial charge in [-0.1, -0.05) is 0 Å². The van der Waals surface area contributed by atoms with Gasteiger partial charge in [-0.25, -0.2) is 9.59 Å². The number of nitrogens with zero attached hydrogens (tertiary/aromatic N) is 2. The second kappa shape index (κ2) is 7.38. The van der Waals surface area contributed by atoms with E-state index < -0.39 is 41.1 Å². The largest absolute Gasteiger partial charge is 0.483 e. The Labute approximate surface area is 131 Å². The topological polar surface area (TPSA) is 141 Å². The van der Waals surface area contributed by atoms with Crippen molar-refractivity contribution in [1.29, 1.82) is 0 Å². The van der Waals surface area contributed by atoms with E-state index in [0.717, 1.165) is 0 Å². The lowest BCUT2D eigenvalue weighted by Gasteiger charge is -2.22. The molecule has 1 rings (SSSR count). The predicted octanol–water partition coefficient (Wildman–Crippen LogP) is 1.35. The molecule has 0 saturated heterocycles. The van der Waals surface area contributed by atoms with Crippen molar-refractivity contribution in [1.82, 2.24) is 10.3 Å². The minimum atomic E-state index is -1.44. The summed E-state index contributed by atoms with van der Waals surface area (Å²) in [7, 11) is 0. The van der Waals surface area contributed by atoms with Crippen LogP contribution in [0.2, 0.25) is 0 Å². The van der Waals surface area contributed by atoms with E-state index in [1.54, 1.807) is 20.8 Å². The van der Waals surface area contributed by atoms with Crippen LogP contribution in [-0.4, -0.2) is 45.3 Å². The van der Waals surface area contributed by atoms with E-state index in [1.807, 2.05) is 0 Å². The number of carboxylic acids is 1. The van der Waals surface area contributed by atoms with Crippen LogP contribution in [0, 0.1) is 10.1 Å². The number of nitro groups is 1. The molecule has 0 unspecified atom stereocenters. The Morgan fingerprint density at radius 3 is 2.65 bits per heavy atom. The predicted molar refractivity (Wildman–Crippen MR) is 77.2 cm³/mol. The second-order valence-corrected chi connectivity index (χ2v) is 5.43. The number of hydrogen-bond acceptors (Lipinski definition) is 7. The zero-order valence-electron chi connectivity index (χ0n) is 12.8. The molecular formula is C13H17N3O7. The summed E-state index contributed by atoms with van der Waals surface area (Å²) in [5.41, 5.74) is -0.796. The fraction of sp³-hybridized carbons (Fsp3) is 0.462. The Morgan fingerprint density at radius 1 is 1.48 bits per heavy atom. The molecule has 0 saturated carbocycles. The molecule has 23 heavy (non-hydrogen) atoms. The third kappa shape index (κ3) is 6.16. The molecule has 126 valence electrons. The third-order valence-electron chi connectivity index (χ3n) is 2.32. The highest BCUT2D eigenvalue weighted by Crippen LogP contribution is 2.22. The van der Waals surface area contributed by atoms with Crippen molar-refractivity contribution in [2.75, 3.05) is 6.61 Å². The summed E-state index contributed by atoms with van der Waals surface area (Å²) in [4.78, 5) is 36.3. The van der Waals surface area contributed by atoms with Crippen molar-refractivity contribution < 1.29 is 29.1 Å². The minimum absolute atomic E-state index is 0.199. The molecule has 0 aliphatic heterocycles. The third-order valence-corrected chi connectivity index (χ3v) is 2.32. The average Bonchev–Trinajstić information content (AvgIpc) is 2.41. The van der Waals surface area contributed by atoms with Crippen LogP contribution in [0.15, 0.2) is 18.3 Å². The number of aliphatic carboxylic acids is 1. The standard InChI is InChI=1S/C13H17N3O7/c1-13(2,3)23-12(19)15-8(11(17)18)7-22-9-5-4-6-14-10(9)16(20)21/h4-6,8H,7H2,1-3H3,(H,15,19)(H,17,18)/t8-/m0/s1. The fourth-order valence-electron chi connectivity index (χ4n) is 1.43. The first kappa shape index (κ1) is 18.1. The first-order valence-electron chi connectivity index (χ1n) is 6.54. The molecule has 10 heteroatoms. The van der Waals surface area contributed by atoms with E-state index in [4.69, 9.17) is 14.6 Å². The summed E-state index contributed by atoms with van der Waals surface area (Å²) in [6, 6.07) is 1.24. The van der Waals surface area contributed by atoms with Crippen LogP contribution in [0.3, 0.4) is 0 Å². The molecule has 1 heterocycles. The van der Waals surface area contributed by atoms with Crippen molar-refractivity contribution in [3.05, 3.63) is 28.4 Å². The van der Waals surface area contributed by atoms with Crippen LogP contribution in [0.1, 0.15) is 20.8 Å². The summed E-state index contributed by atoms with van der Waals surface area (Å²) in [6.45, 7) is 4.34. The summed E-state index contributed by atoms with van der Waals surface area (Å²) in [5, 5.41) is 22.0. The highest BCUT2D eigenvalue weighted by atomic mass is 16.6. The first-order valence-corrected chi connectivity index (χ1v) is 6.54. The van der Waals surface area contributed by atoms with Gasteiger partial charge in [0, 0.05) is 0 Å². The van der Waals surface area contributed by atoms with Crippen LogP contribution in [0.25, 0.3) is 0 Å². The van der Waals surface area contributed by atoms with Crippen LogP contribution >= 0.6 is 0 Å². The maximum absolute atomic E-state index is 11.6. The number of aromatic nitrogens is 1. The number of hydrogen-bond donors (Lipinski definition) is 2. The molecule has 1 atom stereocenters. The molecule has 1 amide bonds. The fourth-order valence-corrected chi connectivity index (χ4v) is 1.43. The number of carbonyl (C=O) groups is 2. The number of rotatable bonds is 6. The van der Waals surface area contributed by atoms with Gasteiger partial charge in [0.15, 0.2) is 6.04 Å². The Kier molecular flexibility index (Phi) is 5.82. The highest BCUT2D eigenvalue weighted by Gasteiger charge is 2.26. The SMILES string of the molecule is CC(C)(C)OC(=O)N[C@@H](COc1cccnc1[N+](=O)[O-])C(=O)O. The second-order valence-electron chi connectivity index (χ2n) is 5.43. The van der Waals surface area contributed by atoms with Gasteiger partial charge < -0.3 is 30.0 Å². The van der Waals surface area contributed by atoms with Crippen molar-refractivity contribution in [3.8, 4) is 5.75 Å². The smallest absolute Gasteiger partial charge is 0.408 e. The van der Waals surface area contributed by atoms with Crippen LogP contribution in [0.5, 0.6) is 5.75 Å². The highest BCUT2D eigenvalue weighted by molar-refractivity contribution is 5.80. The van der Waals surface area contributed by atoms with Gasteiger partial charge in [0.2, 0.25) is 5.75 Å². The van der Waals surface area contributed by atoms with Crippen LogP contribution in [-0.2, 0) is 9.53 Å². The molecule has 0 fully saturated rings. The lowest BCUT2D eigenvalue weighted by molar-refractivity contribution is -0.390. The van der Waals surface area contributed by atoms with Crippen LogP contribution < -0.4 is 10.1 Å². The zero-order valence-corrected chi connectivity index (χ0v) is 12.8. The van der Waals surface area contributed by atoms with E-state index in [-0.39, 0.29) is 5.75 Å². The van der Waals surface area contributed by atoms with Crippen molar-refractivity contribution in [2.24, 2.45) is 0 Å². The van der Waals surface area contributed by atoms with E-state index in [2.05, 4.69) is 10.3 Å². The van der Waals surface area contributed by atoms with Crippen LogP contribution in [0.4, 0.5) is 10.6 Å². The van der Waals surface area contributed by atoms with Gasteiger partial charge in [0.1, 0.15) is 18.4 Å². The normalized spacial score (nSPS) is 12.1. The number of amides is 1. The van der Waals surface area contributed by atoms with E-state index in [9.17, 15) is 19.7 Å². The molecular weight excluding hydrogens is 310 g/mol. The maximum atomic E-state index is 11.6. The summed E-state index contributed by atoms with van der Waals surface area (Å²) in [5.74, 6) is -2.12. The molecule has 0 aliphatic carbocycles. The average molecular weight is 327 g/mol. The molecule has 0 radical (unpaired) electrons. The monoisotopic (exact) mass is 327 g/mol. The van der Waals surface area contributed by atoms with E-state index in [1.165, 1.54) is 18.3 Å². The molecule has 1 aromatic rings. The number of nitrogens with one attached hydrogen (secondary N) is 1. The van der Waals surface area contributed by atoms with Gasteiger partial charge in [0.25, 0.3) is 0 Å². The molecule has 0 aromatic carbocycles. The van der Waals surface area contributed by atoms with Gasteiger partial charge in [-0.15, -0.1) is 0 Å². The quantitative estimate of drug-likeness (QED) is 0.589. The van der Waals surface area contributed by atoms with Crippen molar-refractivity contribution in [3.63, 3.8) is 0 Å². The van der Waals surface area contributed by atoms with E-state index in [0.29, 0.717) is 0 Å². The van der Waals surface area contributed by atoms with Gasteiger partial charge in [0.05, 0.1) is 0 Å². The molecule has 10 nitrogen and oxygen atoms in total. The molecule has 1 aromatic heterocycles. The number of alkyl carbamates (subject to hydrolysis) is 1. The molecule has 0 bridgehead atoms. The lowest BCUT2D eigenvalue weighted by Crippen LogP contribution is -2.46. The summed E-state index contributed by atoms with van der Waals surface area (Å²) < 4.78 is 10.0. The minimum Gasteiger partial charge on any atom is -0.483 e. The number of carbonyl (C=O) groups excluding carboxylic acids is 1. The zero-order chi connectivity index (χ0) is 17.6. The van der Waals surface area contributed by atoms with Gasteiger partial charge in [-0.3, -0.25) is 0 Å². The first-order chi connectivity index (χ1) is 10.6. The van der Waals surface area contributed by atoms with Gasteiger partial charge in [-0.2, -0.15) is 0 Å².